The summed E-state index contributed by atoms with van der Waals surface area (Å²) in [5.74, 6) is -1.94. The van der Waals surface area contributed by atoms with Crippen LogP contribution in [0.1, 0.15) is 47.0 Å². The fourth-order valence-electron chi connectivity index (χ4n) is 3.20. The second kappa shape index (κ2) is 7.23. The highest BCUT2D eigenvalue weighted by Gasteiger charge is 2.29. The summed E-state index contributed by atoms with van der Waals surface area (Å²) in [5, 5.41) is 12.4. The Morgan fingerprint density at radius 1 is 1.20 bits per heavy atom. The van der Waals surface area contributed by atoms with E-state index in [1.165, 1.54) is 11.3 Å². The van der Waals surface area contributed by atoms with Gasteiger partial charge in [-0.3, -0.25) is 4.79 Å². The Labute approximate surface area is 149 Å². The molecule has 0 unspecified atom stereocenters. The maximum atomic E-state index is 12.6. The lowest BCUT2D eigenvalue weighted by atomic mass is 10.0. The normalized spacial score (nSPS) is 15.9. The number of amides is 1. The van der Waals surface area contributed by atoms with Gasteiger partial charge in [0.25, 0.3) is 5.91 Å². The number of carbonyl (C=O) groups is 3. The summed E-state index contributed by atoms with van der Waals surface area (Å²) in [6.07, 6.45) is 6.85. The number of ether oxygens (including phenoxy) is 1. The lowest BCUT2D eigenvalue weighted by molar-refractivity contribution is -0.133. The average molecular weight is 361 g/mol. The number of carbonyl (C=O) groups excluding carboxylic acids is 2. The van der Waals surface area contributed by atoms with Crippen molar-refractivity contribution in [3.63, 3.8) is 0 Å². The zero-order valence-electron chi connectivity index (χ0n) is 13.9. The maximum absolute atomic E-state index is 12.6. The number of carboxylic acid groups (broad SMARTS) is 1. The van der Waals surface area contributed by atoms with Crippen molar-refractivity contribution >= 4 is 34.2 Å². The first kappa shape index (κ1) is 17.4. The van der Waals surface area contributed by atoms with Crippen LogP contribution in [0.25, 0.3) is 0 Å². The second-order valence-electron chi connectivity index (χ2n) is 5.88. The lowest BCUT2D eigenvalue weighted by Crippen LogP contribution is -2.18. The predicted octanol–water partition coefficient (Wildman–Crippen LogP) is 3.08. The Kier molecular flexibility index (Phi) is 5.03. The Morgan fingerprint density at radius 2 is 1.92 bits per heavy atom. The number of esters is 1. The third kappa shape index (κ3) is 3.37. The number of hydrogen-bond donors (Lipinski definition) is 2. The zero-order valence-corrected chi connectivity index (χ0v) is 14.7. The van der Waals surface area contributed by atoms with Gasteiger partial charge in [-0.25, -0.2) is 9.59 Å². The molecule has 0 saturated carbocycles. The number of rotatable bonds is 5. The monoisotopic (exact) mass is 361 g/mol. The molecule has 2 aliphatic carbocycles. The summed E-state index contributed by atoms with van der Waals surface area (Å²) in [7, 11) is 0. The number of aliphatic carboxylic acids is 1. The molecule has 0 saturated heterocycles. The van der Waals surface area contributed by atoms with E-state index in [-0.39, 0.29) is 12.2 Å². The van der Waals surface area contributed by atoms with Crippen LogP contribution < -0.4 is 5.32 Å². The van der Waals surface area contributed by atoms with Gasteiger partial charge in [0.15, 0.2) is 0 Å². The number of nitrogens with one attached hydrogen (secondary N) is 1. The highest BCUT2D eigenvalue weighted by atomic mass is 32.1. The minimum absolute atomic E-state index is 0.165. The van der Waals surface area contributed by atoms with E-state index in [0.717, 1.165) is 10.4 Å². The molecule has 0 fully saturated rings. The van der Waals surface area contributed by atoms with Crippen LogP contribution in [0.4, 0.5) is 5.00 Å². The Balaban J connectivity index is 1.93. The van der Waals surface area contributed by atoms with Gasteiger partial charge in [0.2, 0.25) is 0 Å². The molecule has 7 heteroatoms. The molecule has 2 aliphatic rings. The molecule has 0 aliphatic heterocycles. The first-order chi connectivity index (χ1) is 12.0. The van der Waals surface area contributed by atoms with Crippen molar-refractivity contribution in [2.24, 2.45) is 0 Å². The van der Waals surface area contributed by atoms with E-state index in [4.69, 9.17) is 4.74 Å². The van der Waals surface area contributed by atoms with Gasteiger partial charge in [-0.05, 0) is 38.2 Å². The SMILES string of the molecule is CCOC(=O)c1c(NC(=O)C2=C(C(=O)O)CCC2)sc2c1CC=CC2. The molecule has 0 bridgehead atoms. The Bertz CT molecular complexity index is 803. The van der Waals surface area contributed by atoms with Gasteiger partial charge in [-0.15, -0.1) is 11.3 Å². The molecule has 0 atom stereocenters. The van der Waals surface area contributed by atoms with Crippen LogP contribution in [0.2, 0.25) is 0 Å². The van der Waals surface area contributed by atoms with E-state index >= 15 is 0 Å². The van der Waals surface area contributed by atoms with Crippen LogP contribution in [-0.2, 0) is 27.2 Å². The van der Waals surface area contributed by atoms with Crippen LogP contribution in [0, 0.1) is 0 Å². The van der Waals surface area contributed by atoms with Crippen molar-refractivity contribution in [3.8, 4) is 0 Å². The first-order valence-electron chi connectivity index (χ1n) is 8.26. The largest absolute Gasteiger partial charge is 0.478 e. The molecule has 1 aromatic rings. The number of hydrogen-bond acceptors (Lipinski definition) is 5. The average Bonchev–Trinajstić information content (AvgIpc) is 3.19. The van der Waals surface area contributed by atoms with Gasteiger partial charge in [0.05, 0.1) is 12.2 Å². The number of anilines is 1. The highest BCUT2D eigenvalue weighted by molar-refractivity contribution is 7.17. The van der Waals surface area contributed by atoms with Crippen LogP contribution in [-0.4, -0.2) is 29.6 Å². The number of carboxylic acids is 1. The quantitative estimate of drug-likeness (QED) is 0.621. The molecule has 2 N–H and O–H groups in total. The summed E-state index contributed by atoms with van der Waals surface area (Å²) in [5.41, 5.74) is 1.75. The van der Waals surface area contributed by atoms with Gasteiger partial charge in [-0.1, -0.05) is 12.2 Å². The minimum atomic E-state index is -1.05. The molecule has 0 aromatic carbocycles. The van der Waals surface area contributed by atoms with E-state index < -0.39 is 17.8 Å². The van der Waals surface area contributed by atoms with Crippen molar-refractivity contribution in [2.45, 2.75) is 39.0 Å². The molecule has 1 amide bonds. The molecule has 0 spiro atoms. The topological polar surface area (TPSA) is 92.7 Å². The smallest absolute Gasteiger partial charge is 0.341 e. The van der Waals surface area contributed by atoms with Crippen molar-refractivity contribution in [3.05, 3.63) is 39.3 Å². The van der Waals surface area contributed by atoms with Crippen molar-refractivity contribution in [2.75, 3.05) is 11.9 Å². The van der Waals surface area contributed by atoms with Crippen molar-refractivity contribution in [1.29, 1.82) is 0 Å². The van der Waals surface area contributed by atoms with Crippen LogP contribution >= 0.6 is 11.3 Å². The standard InChI is InChI=1S/C18H19NO5S/c1-2-24-18(23)14-12-6-3-4-9-13(12)25-16(14)19-15(20)10-7-5-8-11(10)17(21)22/h3-4H,2,5-9H2,1H3,(H,19,20)(H,21,22). The fourth-order valence-corrected chi connectivity index (χ4v) is 4.39. The van der Waals surface area contributed by atoms with Gasteiger partial charge in [0, 0.05) is 22.4 Å². The molecule has 1 heterocycles. The number of allylic oxidation sites excluding steroid dienone is 2. The summed E-state index contributed by atoms with van der Waals surface area (Å²) in [6, 6.07) is 0. The van der Waals surface area contributed by atoms with Crippen molar-refractivity contribution in [1.82, 2.24) is 0 Å². The maximum Gasteiger partial charge on any atom is 0.341 e. The van der Waals surface area contributed by atoms with Gasteiger partial charge in [-0.2, -0.15) is 0 Å². The molecule has 3 rings (SSSR count). The fraction of sp³-hybridized carbons (Fsp3) is 0.389. The summed E-state index contributed by atoms with van der Waals surface area (Å²) >= 11 is 1.36. The zero-order chi connectivity index (χ0) is 18.0. The molecule has 25 heavy (non-hydrogen) atoms. The first-order valence-corrected chi connectivity index (χ1v) is 9.07. The highest BCUT2D eigenvalue weighted by Crippen LogP contribution is 2.38. The predicted molar refractivity (Wildman–Crippen MR) is 94.0 cm³/mol. The van der Waals surface area contributed by atoms with E-state index in [9.17, 15) is 19.5 Å². The summed E-state index contributed by atoms with van der Waals surface area (Å²) in [6.45, 7) is 1.98. The van der Waals surface area contributed by atoms with E-state index in [1.807, 2.05) is 12.2 Å². The summed E-state index contributed by atoms with van der Waals surface area (Å²) < 4.78 is 5.15. The van der Waals surface area contributed by atoms with Crippen molar-refractivity contribution < 1.29 is 24.2 Å². The van der Waals surface area contributed by atoms with Gasteiger partial charge >= 0.3 is 11.9 Å². The number of thiophene rings is 1. The van der Waals surface area contributed by atoms with E-state index in [2.05, 4.69) is 5.32 Å². The van der Waals surface area contributed by atoms with Gasteiger partial charge < -0.3 is 15.2 Å². The number of fused-ring (bicyclic) bond motifs is 1. The van der Waals surface area contributed by atoms with E-state index in [0.29, 0.717) is 48.2 Å². The summed E-state index contributed by atoms with van der Waals surface area (Å²) in [4.78, 5) is 37.3. The molecular formula is C18H19NO5S. The minimum Gasteiger partial charge on any atom is -0.478 e. The van der Waals surface area contributed by atoms with Crippen LogP contribution in [0.15, 0.2) is 23.3 Å². The lowest BCUT2D eigenvalue weighted by Gasteiger charge is -2.10. The second-order valence-corrected chi connectivity index (χ2v) is 6.98. The molecule has 132 valence electrons. The van der Waals surface area contributed by atoms with E-state index in [1.54, 1.807) is 6.92 Å². The third-order valence-electron chi connectivity index (χ3n) is 4.34. The molecule has 6 nitrogen and oxygen atoms in total. The molecular weight excluding hydrogens is 342 g/mol. The van der Waals surface area contributed by atoms with Crippen LogP contribution in [0.5, 0.6) is 0 Å². The Hall–Kier alpha value is -2.41. The van der Waals surface area contributed by atoms with Gasteiger partial charge in [0.1, 0.15) is 5.00 Å². The Morgan fingerprint density at radius 3 is 2.64 bits per heavy atom. The molecule has 1 aromatic heterocycles. The third-order valence-corrected chi connectivity index (χ3v) is 5.51. The molecule has 0 radical (unpaired) electrons. The van der Waals surface area contributed by atoms with Crippen LogP contribution in [0.3, 0.4) is 0 Å².